The summed E-state index contributed by atoms with van der Waals surface area (Å²) in [4.78, 5) is 25.5. The first-order chi connectivity index (χ1) is 16.4. The van der Waals surface area contributed by atoms with Crippen LogP contribution in [0.2, 0.25) is 0 Å². The largest absolute Gasteiger partial charge is 0.479 e. The van der Waals surface area contributed by atoms with Crippen LogP contribution in [0.5, 0.6) is 0 Å². The van der Waals surface area contributed by atoms with Crippen LogP contribution in [0.15, 0.2) is 83.6 Å². The highest BCUT2D eigenvalue weighted by Gasteiger charge is 2.30. The van der Waals surface area contributed by atoms with Gasteiger partial charge in [0.15, 0.2) is 6.67 Å². The average molecular weight is 461 g/mol. The van der Waals surface area contributed by atoms with E-state index < -0.39 is 12.6 Å². The number of carboxylic acid groups (broad SMARTS) is 1. The summed E-state index contributed by atoms with van der Waals surface area (Å²) >= 11 is 0. The highest BCUT2D eigenvalue weighted by atomic mass is 19.1. The molecule has 0 spiro atoms. The first-order valence-electron chi connectivity index (χ1n) is 10.6. The maximum atomic E-state index is 12.1. The monoisotopic (exact) mass is 460 g/mol. The third-order valence-electron chi connectivity index (χ3n) is 5.46. The summed E-state index contributed by atoms with van der Waals surface area (Å²) in [7, 11) is 0. The molecule has 1 aromatic heterocycles. The third-order valence-corrected chi connectivity index (χ3v) is 5.46. The van der Waals surface area contributed by atoms with Crippen molar-refractivity contribution in [3.8, 4) is 11.3 Å². The lowest BCUT2D eigenvalue weighted by molar-refractivity contribution is -0.137. The minimum atomic E-state index is -1.41. The summed E-state index contributed by atoms with van der Waals surface area (Å²) in [6, 6.07) is 22.1. The number of hydrogen-bond acceptors (Lipinski definition) is 5. The summed E-state index contributed by atoms with van der Waals surface area (Å²) in [6.45, 7) is -1.28. The van der Waals surface area contributed by atoms with E-state index >= 15 is 0 Å². The fourth-order valence-electron chi connectivity index (χ4n) is 4.03. The molecule has 1 unspecified atom stereocenters. The van der Waals surface area contributed by atoms with Crippen molar-refractivity contribution in [1.29, 1.82) is 0 Å². The lowest BCUT2D eigenvalue weighted by Crippen LogP contribution is -2.14. The van der Waals surface area contributed by atoms with Crippen molar-refractivity contribution in [2.24, 2.45) is 16.7 Å². The van der Waals surface area contributed by atoms with Gasteiger partial charge in [-0.2, -0.15) is 5.10 Å². The number of hydrazone groups is 1. The second-order valence-corrected chi connectivity index (χ2v) is 7.62. The maximum absolute atomic E-state index is 12.1. The number of aliphatic carboxylic acids is 1. The number of nitrogens with zero attached hydrogens (tertiary/aromatic N) is 2. The predicted octanol–water partition coefficient (Wildman–Crippen LogP) is 3.90. The second-order valence-electron chi connectivity index (χ2n) is 7.62. The molecular formula is C26H25FN4O3. The van der Waals surface area contributed by atoms with Crippen molar-refractivity contribution in [2.45, 2.75) is 18.8 Å². The number of allylic oxidation sites excluding steroid dienone is 1. The van der Waals surface area contributed by atoms with Crippen LogP contribution in [0.4, 0.5) is 4.39 Å². The number of benzene rings is 2. The molecule has 0 fully saturated rings. The van der Waals surface area contributed by atoms with E-state index in [4.69, 9.17) is 21.5 Å². The average Bonchev–Trinajstić information content (AvgIpc) is 3.31. The minimum absolute atomic E-state index is 0.111. The van der Waals surface area contributed by atoms with Crippen molar-refractivity contribution in [2.75, 3.05) is 6.67 Å². The van der Waals surface area contributed by atoms with Gasteiger partial charge in [-0.3, -0.25) is 9.78 Å². The van der Waals surface area contributed by atoms with Gasteiger partial charge < -0.3 is 16.7 Å². The van der Waals surface area contributed by atoms with Crippen molar-refractivity contribution in [3.05, 3.63) is 95.2 Å². The molecule has 3 aromatic rings. The number of carbonyl (C=O) groups is 2. The molecule has 34 heavy (non-hydrogen) atoms. The molecular weight excluding hydrogens is 435 g/mol. The van der Waals surface area contributed by atoms with Crippen LogP contribution in [-0.4, -0.2) is 34.9 Å². The summed E-state index contributed by atoms with van der Waals surface area (Å²) in [5.74, 6) is 3.64. The number of nitrogens with two attached hydrogens (primary N) is 2. The number of hydrogen-bond donors (Lipinski definition) is 3. The van der Waals surface area contributed by atoms with Crippen molar-refractivity contribution < 1.29 is 19.1 Å². The van der Waals surface area contributed by atoms with Gasteiger partial charge in [-0.15, -0.1) is 0 Å². The normalized spacial score (nSPS) is 15.1. The number of pyridine rings is 1. The van der Waals surface area contributed by atoms with Crippen LogP contribution < -0.4 is 11.6 Å². The van der Waals surface area contributed by atoms with Crippen LogP contribution in [0.25, 0.3) is 16.8 Å². The summed E-state index contributed by atoms with van der Waals surface area (Å²) in [5, 5.41) is 11.0. The maximum Gasteiger partial charge on any atom is 0.335 e. The van der Waals surface area contributed by atoms with E-state index in [0.717, 1.165) is 39.9 Å². The number of alkyl halides is 1. The number of halogens is 1. The highest BCUT2D eigenvalue weighted by Crippen LogP contribution is 2.45. The van der Waals surface area contributed by atoms with Crippen molar-refractivity contribution in [3.63, 3.8) is 0 Å². The van der Waals surface area contributed by atoms with Crippen molar-refractivity contribution in [1.82, 2.24) is 4.98 Å². The van der Waals surface area contributed by atoms with Gasteiger partial charge in [-0.05, 0) is 53.3 Å². The summed E-state index contributed by atoms with van der Waals surface area (Å²) < 4.78 is 10.5. The Balaban J connectivity index is 0.000000588. The van der Waals surface area contributed by atoms with E-state index in [-0.39, 0.29) is 11.8 Å². The van der Waals surface area contributed by atoms with E-state index in [9.17, 15) is 9.18 Å². The van der Waals surface area contributed by atoms with Gasteiger partial charge in [0.2, 0.25) is 5.91 Å². The van der Waals surface area contributed by atoms with Crippen LogP contribution in [0.3, 0.4) is 0 Å². The highest BCUT2D eigenvalue weighted by molar-refractivity contribution is 6.03. The molecule has 7 nitrogen and oxygen atoms in total. The molecule has 4 rings (SSSR count). The predicted molar refractivity (Wildman–Crippen MR) is 130 cm³/mol. The molecule has 0 saturated carbocycles. The number of primary amides is 1. The van der Waals surface area contributed by atoms with Crippen LogP contribution in [0, 0.1) is 0 Å². The zero-order valence-corrected chi connectivity index (χ0v) is 18.4. The van der Waals surface area contributed by atoms with E-state index in [1.807, 2.05) is 42.5 Å². The van der Waals surface area contributed by atoms with Crippen LogP contribution >= 0.6 is 0 Å². The molecule has 174 valence electrons. The first kappa shape index (κ1) is 24.3. The molecule has 0 bridgehead atoms. The Hall–Kier alpha value is -4.33. The third kappa shape index (κ3) is 5.92. The molecule has 0 radical (unpaired) electrons. The Kier molecular flexibility index (Phi) is 8.23. The van der Waals surface area contributed by atoms with Crippen LogP contribution in [-0.2, 0) is 9.59 Å². The zero-order valence-electron chi connectivity index (χ0n) is 18.4. The molecule has 2 aromatic carbocycles. The molecule has 1 atom stereocenters. The number of aromatic nitrogens is 1. The second kappa shape index (κ2) is 11.5. The topological polar surface area (TPSA) is 132 Å². The molecule has 0 aliphatic heterocycles. The Labute approximate surface area is 196 Å². The summed E-state index contributed by atoms with van der Waals surface area (Å²) in [5.41, 5.74) is 12.4. The van der Waals surface area contributed by atoms with Gasteiger partial charge in [0.1, 0.15) is 0 Å². The Morgan fingerprint density at radius 3 is 2.41 bits per heavy atom. The van der Waals surface area contributed by atoms with Crippen molar-refractivity contribution >= 4 is 23.7 Å². The Morgan fingerprint density at radius 2 is 1.82 bits per heavy atom. The zero-order chi connectivity index (χ0) is 24.5. The summed E-state index contributed by atoms with van der Waals surface area (Å²) in [6.07, 6.45) is 4.91. The number of carboxylic acids is 1. The molecule has 1 aliphatic carbocycles. The Morgan fingerprint density at radius 1 is 1.09 bits per heavy atom. The molecule has 1 amide bonds. The van der Waals surface area contributed by atoms with Gasteiger partial charge in [-0.1, -0.05) is 48.5 Å². The van der Waals surface area contributed by atoms with Gasteiger partial charge in [0.05, 0.1) is 11.9 Å². The number of amides is 1. The molecule has 0 saturated heterocycles. The first-order valence-corrected chi connectivity index (χ1v) is 10.6. The number of carbonyl (C=O) groups excluding carboxylic acids is 1. The molecule has 1 heterocycles. The lowest BCUT2D eigenvalue weighted by Gasteiger charge is -2.17. The molecule has 1 aliphatic rings. The number of rotatable bonds is 6. The van der Waals surface area contributed by atoms with E-state index in [1.54, 1.807) is 12.4 Å². The van der Waals surface area contributed by atoms with Gasteiger partial charge >= 0.3 is 5.97 Å². The van der Waals surface area contributed by atoms with E-state index in [1.165, 1.54) is 0 Å². The van der Waals surface area contributed by atoms with Gasteiger partial charge in [0, 0.05) is 23.3 Å². The smallest absolute Gasteiger partial charge is 0.335 e. The van der Waals surface area contributed by atoms with Crippen LogP contribution in [0.1, 0.15) is 35.4 Å². The Bertz CT molecular complexity index is 1210. The van der Waals surface area contributed by atoms with E-state index in [2.05, 4.69) is 34.4 Å². The minimum Gasteiger partial charge on any atom is -0.479 e. The fourth-order valence-corrected chi connectivity index (χ4v) is 4.03. The molecule has 8 heteroatoms. The fraction of sp³-hybridized carbons (Fsp3) is 0.154. The van der Waals surface area contributed by atoms with E-state index in [0.29, 0.717) is 12.0 Å². The lowest BCUT2D eigenvalue weighted by atomic mass is 9.86. The standard InChI is InChI=1S/C24H22N4O.C2H3FO2/c25-24(29)21-12-11-20(23(21)19-5-3-4-16(14-19)15-28-26)17-7-9-18(10-8-17)22-6-1-2-13-27-22;3-1-2(4)5/h1-10,13-15,20H,11-12,26H2,(H2,25,29);1H2,(H,4,5). The molecule has 5 N–H and O–H groups in total. The quantitative estimate of drug-likeness (QED) is 0.292. The van der Waals surface area contributed by atoms with Gasteiger partial charge in [0.25, 0.3) is 0 Å². The van der Waals surface area contributed by atoms with Gasteiger partial charge in [-0.25, -0.2) is 9.18 Å². The SMILES string of the molecule is NN=Cc1cccc(C2=C(C(N)=O)CCC2c2ccc(-c3ccccn3)cc2)c1.O=C(O)CF.